The molecule has 0 aromatic heterocycles. The van der Waals surface area contributed by atoms with Gasteiger partial charge in [0.2, 0.25) is 0 Å². The monoisotopic (exact) mass is 423 g/mol. The molecular formula is C16H30IN3O2. The lowest BCUT2D eigenvalue weighted by Gasteiger charge is -2.18. The van der Waals surface area contributed by atoms with Crippen molar-refractivity contribution in [2.24, 2.45) is 16.3 Å². The predicted molar refractivity (Wildman–Crippen MR) is 99.0 cm³/mol. The van der Waals surface area contributed by atoms with Gasteiger partial charge in [-0.15, -0.1) is 24.0 Å². The molecule has 5 nitrogen and oxygen atoms in total. The van der Waals surface area contributed by atoms with Crippen molar-refractivity contribution in [3.8, 4) is 0 Å². The SMILES string of the molecule is CN=C(NCCCOC1CCOC1)NCC1(C2CC2)CC1.I. The summed E-state index contributed by atoms with van der Waals surface area (Å²) in [5, 5.41) is 6.89. The maximum atomic E-state index is 5.76. The Morgan fingerprint density at radius 3 is 2.68 bits per heavy atom. The molecule has 2 aliphatic carbocycles. The number of hydrogen-bond acceptors (Lipinski definition) is 3. The number of halogens is 1. The Balaban J connectivity index is 0.00000176. The minimum Gasteiger partial charge on any atom is -0.379 e. The lowest BCUT2D eigenvalue weighted by atomic mass is 10.0. The predicted octanol–water partition coefficient (Wildman–Crippen LogP) is 2.16. The number of rotatable bonds is 8. The van der Waals surface area contributed by atoms with Crippen LogP contribution >= 0.6 is 24.0 Å². The molecule has 0 spiro atoms. The molecule has 1 heterocycles. The molecule has 3 aliphatic rings. The number of guanidine groups is 1. The van der Waals surface area contributed by atoms with E-state index in [1.54, 1.807) is 0 Å². The second kappa shape index (κ2) is 8.68. The highest BCUT2D eigenvalue weighted by atomic mass is 127. The van der Waals surface area contributed by atoms with E-state index in [0.717, 1.165) is 57.6 Å². The van der Waals surface area contributed by atoms with Gasteiger partial charge in [-0.05, 0) is 49.9 Å². The van der Waals surface area contributed by atoms with Crippen LogP contribution in [0.15, 0.2) is 4.99 Å². The lowest BCUT2D eigenvalue weighted by molar-refractivity contribution is 0.0420. The minimum atomic E-state index is 0. The molecule has 2 saturated carbocycles. The molecule has 2 N–H and O–H groups in total. The van der Waals surface area contributed by atoms with Gasteiger partial charge in [-0.3, -0.25) is 4.99 Å². The number of nitrogens with one attached hydrogen (secondary N) is 2. The zero-order chi connectivity index (χ0) is 14.5. The van der Waals surface area contributed by atoms with E-state index in [1.165, 1.54) is 25.7 Å². The van der Waals surface area contributed by atoms with Crippen LogP contribution in [0.3, 0.4) is 0 Å². The fraction of sp³-hybridized carbons (Fsp3) is 0.938. The molecule has 0 bridgehead atoms. The fourth-order valence-electron chi connectivity index (χ4n) is 3.24. The Kier molecular flexibility index (Phi) is 7.21. The fourth-order valence-corrected chi connectivity index (χ4v) is 3.24. The summed E-state index contributed by atoms with van der Waals surface area (Å²) in [5.74, 6) is 1.93. The van der Waals surface area contributed by atoms with Crippen LogP contribution < -0.4 is 10.6 Å². The Labute approximate surface area is 151 Å². The maximum absolute atomic E-state index is 5.76. The van der Waals surface area contributed by atoms with Gasteiger partial charge >= 0.3 is 0 Å². The van der Waals surface area contributed by atoms with Gasteiger partial charge in [0.1, 0.15) is 0 Å². The van der Waals surface area contributed by atoms with Gasteiger partial charge in [0.25, 0.3) is 0 Å². The van der Waals surface area contributed by atoms with E-state index >= 15 is 0 Å². The van der Waals surface area contributed by atoms with E-state index in [9.17, 15) is 0 Å². The zero-order valence-electron chi connectivity index (χ0n) is 13.6. The Bertz CT molecular complexity index is 364. The van der Waals surface area contributed by atoms with E-state index in [1.807, 2.05) is 7.05 Å². The summed E-state index contributed by atoms with van der Waals surface area (Å²) in [7, 11) is 1.85. The van der Waals surface area contributed by atoms with Crippen molar-refractivity contribution >= 4 is 29.9 Å². The van der Waals surface area contributed by atoms with Gasteiger partial charge in [0.05, 0.1) is 12.7 Å². The molecular weight excluding hydrogens is 393 g/mol. The van der Waals surface area contributed by atoms with E-state index in [0.29, 0.717) is 11.5 Å². The van der Waals surface area contributed by atoms with Crippen LogP contribution in [0.5, 0.6) is 0 Å². The smallest absolute Gasteiger partial charge is 0.190 e. The van der Waals surface area contributed by atoms with Crippen molar-refractivity contribution in [3.63, 3.8) is 0 Å². The molecule has 0 amide bonds. The van der Waals surface area contributed by atoms with E-state index in [-0.39, 0.29) is 24.0 Å². The first-order chi connectivity index (χ1) is 10.3. The largest absolute Gasteiger partial charge is 0.379 e. The first-order valence-electron chi connectivity index (χ1n) is 8.46. The third-order valence-electron chi connectivity index (χ3n) is 5.02. The van der Waals surface area contributed by atoms with Crippen molar-refractivity contribution in [2.45, 2.75) is 44.6 Å². The van der Waals surface area contributed by atoms with Crippen LogP contribution in [-0.2, 0) is 9.47 Å². The molecule has 0 aromatic carbocycles. The highest BCUT2D eigenvalue weighted by Gasteiger charge is 2.53. The molecule has 1 atom stereocenters. The first kappa shape index (κ1) is 18.3. The Morgan fingerprint density at radius 2 is 2.09 bits per heavy atom. The normalized spacial score (nSPS) is 26.4. The highest BCUT2D eigenvalue weighted by Crippen LogP contribution is 2.60. The molecule has 0 aromatic rings. The number of aliphatic imine (C=N–C) groups is 1. The van der Waals surface area contributed by atoms with Crippen LogP contribution in [0, 0.1) is 11.3 Å². The molecule has 1 saturated heterocycles. The van der Waals surface area contributed by atoms with Crippen LogP contribution in [0.1, 0.15) is 38.5 Å². The molecule has 128 valence electrons. The van der Waals surface area contributed by atoms with Crippen molar-refractivity contribution in [3.05, 3.63) is 0 Å². The van der Waals surface area contributed by atoms with Crippen molar-refractivity contribution in [1.29, 1.82) is 0 Å². The average molecular weight is 423 g/mol. The summed E-state index contributed by atoms with van der Waals surface area (Å²) in [5.41, 5.74) is 0.614. The van der Waals surface area contributed by atoms with Crippen molar-refractivity contribution in [1.82, 2.24) is 10.6 Å². The van der Waals surface area contributed by atoms with Gasteiger partial charge in [0.15, 0.2) is 5.96 Å². The standard InChI is InChI=1S/C16H29N3O2.HI/c1-17-15(19-12-16(6-7-16)13-3-4-13)18-8-2-9-21-14-5-10-20-11-14;/h13-14H,2-12H2,1H3,(H2,17,18,19);1H. The molecule has 1 unspecified atom stereocenters. The Hall–Kier alpha value is -0.0800. The van der Waals surface area contributed by atoms with E-state index in [4.69, 9.17) is 9.47 Å². The third-order valence-corrected chi connectivity index (χ3v) is 5.02. The van der Waals surface area contributed by atoms with Crippen LogP contribution in [0.4, 0.5) is 0 Å². The van der Waals surface area contributed by atoms with Crippen LogP contribution in [0.2, 0.25) is 0 Å². The number of nitrogens with zero attached hydrogens (tertiary/aromatic N) is 1. The molecule has 0 radical (unpaired) electrons. The zero-order valence-corrected chi connectivity index (χ0v) is 15.9. The van der Waals surface area contributed by atoms with Crippen molar-refractivity contribution in [2.75, 3.05) is 40.0 Å². The molecule has 1 aliphatic heterocycles. The summed E-state index contributed by atoms with van der Waals surface area (Å²) in [6.45, 7) is 4.41. The van der Waals surface area contributed by atoms with Crippen LogP contribution in [-0.4, -0.2) is 52.0 Å². The van der Waals surface area contributed by atoms with Gasteiger partial charge < -0.3 is 20.1 Å². The maximum Gasteiger partial charge on any atom is 0.190 e. The van der Waals surface area contributed by atoms with E-state index < -0.39 is 0 Å². The summed E-state index contributed by atoms with van der Waals surface area (Å²) in [6.07, 6.45) is 8.05. The average Bonchev–Trinajstić information content (AvgIpc) is 3.41. The molecule has 6 heteroatoms. The molecule has 22 heavy (non-hydrogen) atoms. The van der Waals surface area contributed by atoms with Gasteiger partial charge in [0, 0.05) is 33.4 Å². The van der Waals surface area contributed by atoms with Crippen molar-refractivity contribution < 1.29 is 9.47 Å². The summed E-state index contributed by atoms with van der Waals surface area (Å²) >= 11 is 0. The summed E-state index contributed by atoms with van der Waals surface area (Å²) in [6, 6.07) is 0. The molecule has 3 rings (SSSR count). The quantitative estimate of drug-likeness (QED) is 0.272. The first-order valence-corrected chi connectivity index (χ1v) is 8.46. The van der Waals surface area contributed by atoms with Crippen LogP contribution in [0.25, 0.3) is 0 Å². The topological polar surface area (TPSA) is 54.9 Å². The number of hydrogen-bond donors (Lipinski definition) is 2. The second-order valence-electron chi connectivity index (χ2n) is 6.70. The van der Waals surface area contributed by atoms with Gasteiger partial charge in [-0.2, -0.15) is 0 Å². The number of ether oxygens (including phenoxy) is 2. The van der Waals surface area contributed by atoms with E-state index in [2.05, 4.69) is 15.6 Å². The highest BCUT2D eigenvalue weighted by molar-refractivity contribution is 14.0. The third kappa shape index (κ3) is 5.23. The second-order valence-corrected chi connectivity index (χ2v) is 6.70. The van der Waals surface area contributed by atoms with Gasteiger partial charge in [-0.25, -0.2) is 0 Å². The molecule has 3 fully saturated rings. The lowest BCUT2D eigenvalue weighted by Crippen LogP contribution is -2.41. The van der Waals surface area contributed by atoms with Gasteiger partial charge in [-0.1, -0.05) is 0 Å². The summed E-state index contributed by atoms with van der Waals surface area (Å²) in [4.78, 5) is 4.31. The summed E-state index contributed by atoms with van der Waals surface area (Å²) < 4.78 is 11.1. The Morgan fingerprint density at radius 1 is 1.27 bits per heavy atom. The minimum absolute atomic E-state index is 0.